The second-order valence-corrected chi connectivity index (χ2v) is 11.5. The van der Waals surface area contributed by atoms with Gasteiger partial charge in [-0.3, -0.25) is 4.79 Å². The highest BCUT2D eigenvalue weighted by Crippen LogP contribution is 2.69. The van der Waals surface area contributed by atoms with Crippen LogP contribution in [0.4, 0.5) is 0 Å². The van der Waals surface area contributed by atoms with Gasteiger partial charge in [0.1, 0.15) is 6.61 Å². The lowest BCUT2D eigenvalue weighted by molar-refractivity contribution is -0.205. The van der Waals surface area contributed by atoms with Crippen LogP contribution in [-0.4, -0.2) is 41.8 Å². The average Bonchev–Trinajstić information content (AvgIpc) is 3.28. The highest BCUT2D eigenvalue weighted by molar-refractivity contribution is 5.85. The number of fused-ring (bicyclic) bond motifs is 5. The number of rotatable bonds is 3. The second kappa shape index (κ2) is 7.31. The molecule has 172 valence electrons. The van der Waals surface area contributed by atoms with Gasteiger partial charge in [0.25, 0.3) is 0 Å². The third-order valence-corrected chi connectivity index (χ3v) is 10.5. The van der Waals surface area contributed by atoms with Crippen molar-refractivity contribution in [3.63, 3.8) is 0 Å². The van der Waals surface area contributed by atoms with Gasteiger partial charge >= 0.3 is 5.97 Å². The van der Waals surface area contributed by atoms with Crippen LogP contribution < -0.4 is 11.1 Å². The Labute approximate surface area is 185 Å². The average molecular weight is 431 g/mol. The van der Waals surface area contributed by atoms with Crippen LogP contribution in [0.3, 0.4) is 0 Å². The van der Waals surface area contributed by atoms with E-state index in [1.807, 2.05) is 0 Å². The highest BCUT2D eigenvalue weighted by atomic mass is 16.5. The molecule has 0 bridgehead atoms. The van der Waals surface area contributed by atoms with E-state index < -0.39 is 5.60 Å². The first-order chi connectivity index (χ1) is 14.7. The van der Waals surface area contributed by atoms with Gasteiger partial charge in [-0.05, 0) is 92.4 Å². The van der Waals surface area contributed by atoms with Crippen LogP contribution >= 0.6 is 0 Å². The molecule has 6 heteroatoms. The number of ether oxygens (including phenoxy) is 1. The molecule has 2 unspecified atom stereocenters. The van der Waals surface area contributed by atoms with E-state index in [1.54, 1.807) is 6.08 Å². The van der Waals surface area contributed by atoms with Crippen LogP contribution in [0.25, 0.3) is 0 Å². The van der Waals surface area contributed by atoms with Crippen molar-refractivity contribution in [2.75, 3.05) is 13.2 Å². The van der Waals surface area contributed by atoms with Crippen LogP contribution in [0.2, 0.25) is 0 Å². The summed E-state index contributed by atoms with van der Waals surface area (Å²) in [7, 11) is 0. The Morgan fingerprint density at radius 2 is 1.97 bits per heavy atom. The van der Waals surface area contributed by atoms with E-state index in [0.29, 0.717) is 24.4 Å². The van der Waals surface area contributed by atoms with Crippen LogP contribution in [0.5, 0.6) is 0 Å². The highest BCUT2D eigenvalue weighted by Gasteiger charge is 2.67. The lowest BCUT2D eigenvalue weighted by atomic mass is 9.43. The van der Waals surface area contributed by atoms with E-state index in [0.717, 1.165) is 63.4 Å². The minimum Gasteiger partial charge on any atom is -0.458 e. The molecule has 0 radical (unpaired) electrons. The molecular weight excluding hydrogens is 392 g/mol. The normalized spacial score (nSPS) is 48.8. The lowest BCUT2D eigenvalue weighted by Crippen LogP contribution is -2.62. The number of nitrogens with two attached hydrogens (primary N) is 1. The van der Waals surface area contributed by atoms with E-state index in [1.165, 1.54) is 0 Å². The number of aliphatic hydroxyl groups is 1. The zero-order chi connectivity index (χ0) is 22.0. The molecule has 4 N–H and O–H groups in total. The van der Waals surface area contributed by atoms with E-state index in [-0.39, 0.29) is 41.2 Å². The van der Waals surface area contributed by atoms with Crippen LogP contribution in [0, 0.1) is 34.5 Å². The van der Waals surface area contributed by atoms with Crippen LogP contribution in [-0.2, 0) is 14.3 Å². The summed E-state index contributed by atoms with van der Waals surface area (Å²) in [6, 6.07) is 0.241. The van der Waals surface area contributed by atoms with E-state index >= 15 is 0 Å². The fourth-order valence-electron chi connectivity index (χ4n) is 8.83. The van der Waals surface area contributed by atoms with Gasteiger partial charge < -0.3 is 20.9 Å². The maximum atomic E-state index is 12.2. The summed E-state index contributed by atoms with van der Waals surface area (Å²) in [6.07, 6.45) is 11.0. The van der Waals surface area contributed by atoms with Crippen LogP contribution in [0.15, 0.2) is 11.6 Å². The molecule has 0 aromatic heterocycles. The molecule has 5 rings (SSSR count). The monoisotopic (exact) mass is 430 g/mol. The third kappa shape index (κ3) is 3.04. The molecule has 1 heterocycles. The summed E-state index contributed by atoms with van der Waals surface area (Å²) in [5.74, 6) is 1.42. The van der Waals surface area contributed by atoms with E-state index in [9.17, 15) is 14.7 Å². The number of esters is 1. The van der Waals surface area contributed by atoms with Gasteiger partial charge in [-0.25, -0.2) is 4.79 Å². The van der Waals surface area contributed by atoms with Crippen molar-refractivity contribution in [2.24, 2.45) is 40.2 Å². The standard InChI is InChI=1S/C25H38N2O4/c1-23-8-5-17(27-21(28)13-26)12-16(23)3-4-20-19(23)6-9-24(2)18(7-10-25(20,24)30)15-11-22(29)31-14-15/h11,16-20,30H,3-10,12-14,26H2,1-2H3,(H,27,28)/t16-,17+,18-,19+,20-,23?,24?,25+/m1/s1. The first-order valence-electron chi connectivity index (χ1n) is 12.3. The molecule has 4 aliphatic carbocycles. The van der Waals surface area contributed by atoms with Crippen molar-refractivity contribution in [1.82, 2.24) is 5.32 Å². The first kappa shape index (κ1) is 21.4. The number of nitrogens with one attached hydrogen (secondary N) is 1. The van der Waals surface area contributed by atoms with Gasteiger partial charge in [0, 0.05) is 17.5 Å². The summed E-state index contributed by atoms with van der Waals surface area (Å²) in [4.78, 5) is 23.5. The van der Waals surface area contributed by atoms with Gasteiger partial charge in [0.05, 0.1) is 12.1 Å². The molecule has 0 saturated heterocycles. The predicted molar refractivity (Wildman–Crippen MR) is 117 cm³/mol. The van der Waals surface area contributed by atoms with Gasteiger partial charge in [-0.2, -0.15) is 0 Å². The van der Waals surface area contributed by atoms with Gasteiger partial charge in [-0.15, -0.1) is 0 Å². The Morgan fingerprint density at radius 3 is 2.68 bits per heavy atom. The Balaban J connectivity index is 1.37. The van der Waals surface area contributed by atoms with E-state index in [2.05, 4.69) is 19.2 Å². The number of cyclic esters (lactones) is 1. The lowest BCUT2D eigenvalue weighted by Gasteiger charge is -2.64. The maximum absolute atomic E-state index is 12.2. The number of carbonyl (C=O) groups excluding carboxylic acids is 2. The Morgan fingerprint density at radius 1 is 1.16 bits per heavy atom. The van der Waals surface area contributed by atoms with E-state index in [4.69, 9.17) is 10.5 Å². The zero-order valence-corrected chi connectivity index (χ0v) is 19.0. The molecule has 0 aromatic rings. The largest absolute Gasteiger partial charge is 0.458 e. The summed E-state index contributed by atoms with van der Waals surface area (Å²) in [6.45, 7) is 5.19. The summed E-state index contributed by atoms with van der Waals surface area (Å²) in [5.41, 5.74) is 5.99. The van der Waals surface area contributed by atoms with Gasteiger partial charge in [0.15, 0.2) is 0 Å². The number of hydrogen-bond acceptors (Lipinski definition) is 5. The fraction of sp³-hybridized carbons (Fsp3) is 0.840. The minimum absolute atomic E-state index is 0.0503. The fourth-order valence-corrected chi connectivity index (χ4v) is 8.83. The molecule has 4 saturated carbocycles. The quantitative estimate of drug-likeness (QED) is 0.598. The first-order valence-corrected chi connectivity index (χ1v) is 12.3. The van der Waals surface area contributed by atoms with Crippen LogP contribution in [0.1, 0.15) is 71.6 Å². The summed E-state index contributed by atoms with van der Waals surface area (Å²) < 4.78 is 5.22. The topological polar surface area (TPSA) is 102 Å². The van der Waals surface area contributed by atoms with Crippen molar-refractivity contribution in [1.29, 1.82) is 0 Å². The SMILES string of the molecule is CC12CC[C@H](NC(=O)CN)C[C@H]1CC[C@@H]1[C@@H]2CCC2(C)[C@@H](C3=CC(=O)OC3)CC[C@]12O. The number of carbonyl (C=O) groups is 2. The molecule has 0 spiro atoms. The van der Waals surface area contributed by atoms with Gasteiger partial charge in [0.2, 0.25) is 5.91 Å². The van der Waals surface area contributed by atoms with Gasteiger partial charge in [-0.1, -0.05) is 13.8 Å². The molecule has 6 nitrogen and oxygen atoms in total. The molecule has 31 heavy (non-hydrogen) atoms. The smallest absolute Gasteiger partial charge is 0.331 e. The van der Waals surface area contributed by atoms with Crippen molar-refractivity contribution >= 4 is 11.9 Å². The molecule has 1 amide bonds. The molecule has 4 fully saturated rings. The number of amides is 1. The Hall–Kier alpha value is -1.40. The Bertz CT molecular complexity index is 811. The molecule has 1 aliphatic heterocycles. The van der Waals surface area contributed by atoms with Crippen molar-refractivity contribution in [3.8, 4) is 0 Å². The summed E-state index contributed by atoms with van der Waals surface area (Å²) in [5, 5.41) is 15.4. The molecular formula is C25H38N2O4. The number of hydrogen-bond donors (Lipinski definition) is 3. The zero-order valence-electron chi connectivity index (χ0n) is 19.0. The van der Waals surface area contributed by atoms with Crippen molar-refractivity contribution in [3.05, 3.63) is 11.6 Å². The Kier molecular flexibility index (Phi) is 5.06. The summed E-state index contributed by atoms with van der Waals surface area (Å²) >= 11 is 0. The molecule has 0 aromatic carbocycles. The maximum Gasteiger partial charge on any atom is 0.331 e. The second-order valence-electron chi connectivity index (χ2n) is 11.5. The molecule has 5 aliphatic rings. The predicted octanol–water partition coefficient (Wildman–Crippen LogP) is 2.69. The molecule has 8 atom stereocenters. The minimum atomic E-state index is -0.661. The third-order valence-electron chi connectivity index (χ3n) is 10.5. The van der Waals surface area contributed by atoms with Crippen molar-refractivity contribution in [2.45, 2.75) is 83.3 Å². The van der Waals surface area contributed by atoms with Crippen molar-refractivity contribution < 1.29 is 19.4 Å².